The number of phenolic OH excluding ortho intramolecular Hbond substituents is 1. The van der Waals surface area contributed by atoms with Gasteiger partial charge in [0, 0.05) is 5.92 Å². The monoisotopic (exact) mass is 545 g/mol. The van der Waals surface area contributed by atoms with Gasteiger partial charge in [-0.3, -0.25) is 14.5 Å². The average molecular weight is 545 g/mol. The largest absolute Gasteiger partial charge is 0.507 e. The minimum atomic E-state index is -1.71. The Morgan fingerprint density at radius 1 is 1.10 bits per heavy atom. The van der Waals surface area contributed by atoms with Crippen LogP contribution in [-0.2, 0) is 14.3 Å². The van der Waals surface area contributed by atoms with E-state index in [0.717, 1.165) is 45.6 Å². The highest BCUT2D eigenvalue weighted by molar-refractivity contribution is 6.58. The predicted molar refractivity (Wildman–Crippen MR) is 153 cm³/mol. The Labute approximate surface area is 234 Å². The summed E-state index contributed by atoms with van der Waals surface area (Å²) in [5, 5.41) is 39.6. The van der Waals surface area contributed by atoms with Crippen LogP contribution in [0.25, 0.3) is 6.08 Å². The summed E-state index contributed by atoms with van der Waals surface area (Å²) in [6.45, 7) is 6.01. The van der Waals surface area contributed by atoms with E-state index in [9.17, 15) is 29.9 Å². The molecule has 8 nitrogen and oxygen atoms in total. The first-order valence-corrected chi connectivity index (χ1v) is 13.9. The average Bonchev–Trinajstić information content (AvgIpc) is 3.47. The van der Waals surface area contributed by atoms with Crippen LogP contribution in [0.5, 0.6) is 5.75 Å². The molecule has 0 radical (unpaired) electrons. The van der Waals surface area contributed by atoms with Gasteiger partial charge in [0.1, 0.15) is 5.75 Å². The van der Waals surface area contributed by atoms with Crippen molar-refractivity contribution in [2.45, 2.75) is 52.6 Å². The van der Waals surface area contributed by atoms with Crippen LogP contribution in [0.4, 0.5) is 5.69 Å². The van der Waals surface area contributed by atoms with Crippen molar-refractivity contribution in [3.8, 4) is 5.75 Å². The molecule has 2 fully saturated rings. The van der Waals surface area contributed by atoms with Gasteiger partial charge < -0.3 is 25.0 Å². The lowest BCUT2D eigenvalue weighted by atomic mass is 9.69. The molecule has 2 amide bonds. The Hall–Kier alpha value is -3.24. The fourth-order valence-electron chi connectivity index (χ4n) is 6.67. The molecule has 210 valence electrons. The van der Waals surface area contributed by atoms with Crippen LogP contribution >= 0.6 is 0 Å². The second-order valence-electron chi connectivity index (χ2n) is 11.2. The van der Waals surface area contributed by atoms with Gasteiger partial charge in [0.15, 0.2) is 0 Å². The van der Waals surface area contributed by atoms with Gasteiger partial charge in [-0.1, -0.05) is 30.7 Å². The number of imide groups is 1. The second-order valence-corrected chi connectivity index (χ2v) is 11.2. The van der Waals surface area contributed by atoms with Crippen molar-refractivity contribution in [3.63, 3.8) is 0 Å². The molecule has 4 N–H and O–H groups in total. The lowest BCUT2D eigenvalue weighted by molar-refractivity contribution is -0.122. The number of aliphatic hydroxyl groups excluding tert-OH is 1. The van der Waals surface area contributed by atoms with Crippen molar-refractivity contribution >= 4 is 36.2 Å². The lowest BCUT2D eigenvalue weighted by Gasteiger charge is -2.31. The Morgan fingerprint density at radius 2 is 1.82 bits per heavy atom. The zero-order chi connectivity index (χ0) is 28.7. The normalized spacial score (nSPS) is 24.6. The molecular formula is C31H36BNO7. The number of nitrogens with zero attached hydrogens (tertiary/aromatic N) is 1. The van der Waals surface area contributed by atoms with E-state index in [0.29, 0.717) is 30.9 Å². The number of aryl methyl sites for hydroxylation is 2. The van der Waals surface area contributed by atoms with Gasteiger partial charge >= 0.3 is 7.12 Å². The molecule has 2 aromatic carbocycles. The molecule has 0 spiro atoms. The Balaban J connectivity index is 1.37. The zero-order valence-electron chi connectivity index (χ0n) is 23.1. The van der Waals surface area contributed by atoms with Crippen LogP contribution < -0.4 is 10.4 Å². The first-order valence-electron chi connectivity index (χ1n) is 13.9. The highest BCUT2D eigenvalue weighted by Gasteiger charge is 2.57. The first-order chi connectivity index (χ1) is 19.1. The molecule has 5 rings (SSSR count). The smallest absolute Gasteiger partial charge is 0.488 e. The van der Waals surface area contributed by atoms with Crippen LogP contribution in [0.3, 0.4) is 0 Å². The Bertz CT molecular complexity index is 1370. The number of fused-ring (bicyclic) bond motifs is 3. The van der Waals surface area contributed by atoms with Crippen molar-refractivity contribution in [1.29, 1.82) is 0 Å². The molecule has 2 saturated heterocycles. The molecule has 3 aliphatic rings. The zero-order valence-corrected chi connectivity index (χ0v) is 23.1. The van der Waals surface area contributed by atoms with Crippen molar-refractivity contribution < 1.29 is 34.6 Å². The highest BCUT2D eigenvalue weighted by Crippen LogP contribution is 2.50. The number of rotatable bonds is 8. The summed E-state index contributed by atoms with van der Waals surface area (Å²) in [6.07, 6.45) is 4.55. The highest BCUT2D eigenvalue weighted by atomic mass is 16.5. The third-order valence-corrected chi connectivity index (χ3v) is 8.69. The summed E-state index contributed by atoms with van der Waals surface area (Å²) < 4.78 is 6.24. The number of hydrogen-bond acceptors (Lipinski definition) is 7. The number of hydrogen-bond donors (Lipinski definition) is 4. The maximum Gasteiger partial charge on any atom is 0.488 e. The fourth-order valence-corrected chi connectivity index (χ4v) is 6.67. The van der Waals surface area contributed by atoms with Gasteiger partial charge in [0.2, 0.25) is 11.8 Å². The Morgan fingerprint density at radius 3 is 2.48 bits per heavy atom. The molecule has 2 aliphatic heterocycles. The van der Waals surface area contributed by atoms with E-state index in [1.165, 1.54) is 17.7 Å². The van der Waals surface area contributed by atoms with Crippen LogP contribution in [0, 0.1) is 31.6 Å². The maximum absolute atomic E-state index is 13.7. The number of carbonyl (C=O) groups excluding carboxylic acids is 2. The quantitative estimate of drug-likeness (QED) is 0.228. The van der Waals surface area contributed by atoms with Gasteiger partial charge in [0.25, 0.3) is 0 Å². The summed E-state index contributed by atoms with van der Waals surface area (Å²) >= 11 is 0. The van der Waals surface area contributed by atoms with E-state index >= 15 is 0 Å². The van der Waals surface area contributed by atoms with E-state index in [1.807, 2.05) is 26.0 Å². The molecular weight excluding hydrogens is 509 g/mol. The standard InChI is InChI=1S/C31H36BNO7/c1-4-19(12-20-10-17(2)29(35)18(3)11-20)8-9-26-27-21(15-34)13-24-28(25(27)16-40-26)31(37)33(30(24)36)23-7-5-6-22(14-23)32(38)39/h5-7,10-12,14,24-26,28,34-35,38-39H,4,8-9,13,15-16H2,1-3H3/b19-12+/t24-,25+,26-,28-/m1/s1. The third kappa shape index (κ3) is 5.03. The fraction of sp³-hybridized carbons (Fsp3) is 0.419. The van der Waals surface area contributed by atoms with Gasteiger partial charge in [-0.2, -0.15) is 0 Å². The molecule has 40 heavy (non-hydrogen) atoms. The number of carbonyl (C=O) groups is 2. The maximum atomic E-state index is 13.7. The van der Waals surface area contributed by atoms with Crippen LogP contribution in [0.2, 0.25) is 0 Å². The predicted octanol–water partition coefficient (Wildman–Crippen LogP) is 2.78. The molecule has 4 atom stereocenters. The van der Waals surface area contributed by atoms with Gasteiger partial charge in [-0.25, -0.2) is 0 Å². The van der Waals surface area contributed by atoms with E-state index in [-0.39, 0.29) is 35.9 Å². The first kappa shape index (κ1) is 28.3. The van der Waals surface area contributed by atoms with E-state index in [2.05, 4.69) is 13.0 Å². The number of aromatic hydroxyl groups is 1. The van der Waals surface area contributed by atoms with Crippen LogP contribution in [-0.4, -0.2) is 58.5 Å². The van der Waals surface area contributed by atoms with Crippen LogP contribution in [0.15, 0.2) is 53.1 Å². The number of ether oxygens (including phenoxy) is 1. The number of benzene rings is 2. The summed E-state index contributed by atoms with van der Waals surface area (Å²) in [6, 6.07) is 10.1. The SMILES string of the molecule is CC/C(=C\c1cc(C)c(O)c(C)c1)CC[C@H]1OC[C@H]2C1=C(CO)C[C@H]1C(=O)N(c3cccc(B(O)O)c3)C(=O)[C@H]12. The minimum absolute atomic E-state index is 0.189. The van der Waals surface area contributed by atoms with Crippen molar-refractivity contribution in [2.75, 3.05) is 18.1 Å². The molecule has 0 aromatic heterocycles. The summed E-state index contributed by atoms with van der Waals surface area (Å²) in [4.78, 5) is 28.3. The van der Waals surface area contributed by atoms with Gasteiger partial charge in [-0.05, 0) is 97.1 Å². The number of anilines is 1. The lowest BCUT2D eigenvalue weighted by Crippen LogP contribution is -2.35. The molecule has 0 unspecified atom stereocenters. The summed E-state index contributed by atoms with van der Waals surface area (Å²) in [7, 11) is -1.71. The van der Waals surface area contributed by atoms with E-state index < -0.39 is 19.0 Å². The molecule has 1 aliphatic carbocycles. The minimum Gasteiger partial charge on any atom is -0.507 e. The van der Waals surface area contributed by atoms with Gasteiger partial charge in [-0.15, -0.1) is 0 Å². The molecule has 0 bridgehead atoms. The molecule has 2 aromatic rings. The van der Waals surface area contributed by atoms with E-state index in [1.54, 1.807) is 12.1 Å². The summed E-state index contributed by atoms with van der Waals surface area (Å²) in [5.41, 5.74) is 6.20. The topological polar surface area (TPSA) is 128 Å². The molecule has 0 saturated carbocycles. The van der Waals surface area contributed by atoms with Crippen molar-refractivity contribution in [1.82, 2.24) is 0 Å². The molecule has 2 heterocycles. The molecule has 9 heteroatoms. The van der Waals surface area contributed by atoms with Crippen molar-refractivity contribution in [2.24, 2.45) is 17.8 Å². The number of amides is 2. The second kappa shape index (κ2) is 11.3. The number of allylic oxidation sites excluding steroid dienone is 1. The number of aliphatic hydroxyl groups is 1. The third-order valence-electron chi connectivity index (χ3n) is 8.69. The summed E-state index contributed by atoms with van der Waals surface area (Å²) in [5.74, 6) is -1.76. The van der Waals surface area contributed by atoms with Crippen LogP contribution in [0.1, 0.15) is 49.3 Å². The van der Waals surface area contributed by atoms with Crippen molar-refractivity contribution in [3.05, 3.63) is 69.8 Å². The Kier molecular flexibility index (Phi) is 8.02. The van der Waals surface area contributed by atoms with E-state index in [4.69, 9.17) is 4.74 Å². The number of phenols is 1. The van der Waals surface area contributed by atoms with Gasteiger partial charge in [0.05, 0.1) is 36.8 Å².